The second kappa shape index (κ2) is 5.23. The average molecular weight is 235 g/mol. The van der Waals surface area contributed by atoms with E-state index in [9.17, 15) is 4.39 Å². The lowest BCUT2D eigenvalue weighted by atomic mass is 10.0. The maximum absolute atomic E-state index is 13.1. The Morgan fingerprint density at radius 3 is 2.81 bits per heavy atom. The van der Waals surface area contributed by atoms with Crippen LogP contribution in [-0.2, 0) is 6.42 Å². The molecule has 0 amide bonds. The van der Waals surface area contributed by atoms with Crippen LogP contribution in [0.25, 0.3) is 0 Å². The van der Waals surface area contributed by atoms with Gasteiger partial charge >= 0.3 is 0 Å². The van der Waals surface area contributed by atoms with Gasteiger partial charge in [0.1, 0.15) is 5.82 Å². The minimum atomic E-state index is -0.177. The molecule has 1 N–H and O–H groups in total. The van der Waals surface area contributed by atoms with Gasteiger partial charge in [0, 0.05) is 17.3 Å². The molecule has 1 nitrogen and oxygen atoms in total. The van der Waals surface area contributed by atoms with Crippen molar-refractivity contribution in [2.24, 2.45) is 0 Å². The molecule has 0 fully saturated rings. The van der Waals surface area contributed by atoms with Crippen molar-refractivity contribution < 1.29 is 4.39 Å². The van der Waals surface area contributed by atoms with Crippen molar-refractivity contribution in [3.63, 3.8) is 0 Å². The van der Waals surface area contributed by atoms with E-state index in [1.165, 1.54) is 10.9 Å². The summed E-state index contributed by atoms with van der Waals surface area (Å²) >= 11 is 1.73. The molecule has 2 rings (SSSR count). The van der Waals surface area contributed by atoms with Gasteiger partial charge in [-0.25, -0.2) is 4.39 Å². The molecule has 1 unspecified atom stereocenters. The second-order valence-corrected chi connectivity index (χ2v) is 4.71. The molecule has 2 aromatic rings. The zero-order chi connectivity index (χ0) is 11.4. The van der Waals surface area contributed by atoms with Crippen LogP contribution in [0.2, 0.25) is 0 Å². The normalized spacial score (nSPS) is 12.6. The Morgan fingerprint density at radius 2 is 2.19 bits per heavy atom. The van der Waals surface area contributed by atoms with E-state index in [-0.39, 0.29) is 11.9 Å². The Balaban J connectivity index is 2.16. The number of hydrogen-bond acceptors (Lipinski definition) is 2. The Labute approximate surface area is 98.9 Å². The van der Waals surface area contributed by atoms with Crippen LogP contribution in [0.1, 0.15) is 16.5 Å². The van der Waals surface area contributed by atoms with E-state index >= 15 is 0 Å². The third-order valence-corrected chi connectivity index (χ3v) is 3.48. The molecule has 0 saturated heterocycles. The Kier molecular flexibility index (Phi) is 3.70. The highest BCUT2D eigenvalue weighted by molar-refractivity contribution is 7.09. The third-order valence-electron chi connectivity index (χ3n) is 2.58. The lowest BCUT2D eigenvalue weighted by Gasteiger charge is -2.15. The number of rotatable bonds is 4. The zero-order valence-electron chi connectivity index (χ0n) is 9.11. The van der Waals surface area contributed by atoms with Crippen LogP contribution in [0.15, 0.2) is 41.8 Å². The van der Waals surface area contributed by atoms with Crippen molar-refractivity contribution in [2.75, 3.05) is 7.05 Å². The lowest BCUT2D eigenvalue weighted by molar-refractivity contribution is 0.580. The molecule has 0 aliphatic rings. The van der Waals surface area contributed by atoms with E-state index in [0.29, 0.717) is 0 Å². The van der Waals surface area contributed by atoms with Gasteiger partial charge in [-0.1, -0.05) is 18.2 Å². The van der Waals surface area contributed by atoms with Crippen LogP contribution in [0.5, 0.6) is 0 Å². The third kappa shape index (κ3) is 2.68. The van der Waals surface area contributed by atoms with Crippen LogP contribution in [0, 0.1) is 5.82 Å². The Hall–Kier alpha value is -1.19. The molecular formula is C13H14FNS. The van der Waals surface area contributed by atoms with Crippen molar-refractivity contribution in [1.82, 2.24) is 5.32 Å². The molecule has 0 saturated carbocycles. The molecule has 1 heterocycles. The predicted molar refractivity (Wildman–Crippen MR) is 66.2 cm³/mol. The fourth-order valence-electron chi connectivity index (χ4n) is 1.74. The van der Waals surface area contributed by atoms with Crippen LogP contribution in [0.4, 0.5) is 4.39 Å². The van der Waals surface area contributed by atoms with Gasteiger partial charge in [-0.15, -0.1) is 11.3 Å². The molecule has 0 spiro atoms. The molecule has 0 bridgehead atoms. The highest BCUT2D eigenvalue weighted by atomic mass is 32.1. The Morgan fingerprint density at radius 1 is 1.31 bits per heavy atom. The summed E-state index contributed by atoms with van der Waals surface area (Å²) in [5.74, 6) is -0.177. The minimum absolute atomic E-state index is 0.175. The summed E-state index contributed by atoms with van der Waals surface area (Å²) in [5.41, 5.74) is 0.996. The van der Waals surface area contributed by atoms with Gasteiger partial charge in [-0.3, -0.25) is 0 Å². The van der Waals surface area contributed by atoms with E-state index in [1.54, 1.807) is 23.5 Å². The monoisotopic (exact) mass is 235 g/mol. The first-order chi connectivity index (χ1) is 7.79. The summed E-state index contributed by atoms with van der Waals surface area (Å²) in [6.45, 7) is 0. The van der Waals surface area contributed by atoms with Crippen LogP contribution in [0.3, 0.4) is 0 Å². The highest BCUT2D eigenvalue weighted by Crippen LogP contribution is 2.21. The van der Waals surface area contributed by atoms with Gasteiger partial charge in [-0.2, -0.15) is 0 Å². The van der Waals surface area contributed by atoms with Crippen molar-refractivity contribution >= 4 is 11.3 Å². The molecule has 1 atom stereocenters. The summed E-state index contributed by atoms with van der Waals surface area (Å²) in [7, 11) is 1.91. The van der Waals surface area contributed by atoms with E-state index in [2.05, 4.69) is 16.8 Å². The number of hydrogen-bond donors (Lipinski definition) is 1. The summed E-state index contributed by atoms with van der Waals surface area (Å²) in [5, 5.41) is 5.29. The fraction of sp³-hybridized carbons (Fsp3) is 0.231. The molecule has 1 aromatic carbocycles. The summed E-state index contributed by atoms with van der Waals surface area (Å²) in [4.78, 5) is 1.31. The number of likely N-dealkylation sites (N-methyl/N-ethyl adjacent to an activating group) is 1. The first kappa shape index (κ1) is 11.3. The number of halogens is 1. The molecular weight excluding hydrogens is 221 g/mol. The topological polar surface area (TPSA) is 12.0 Å². The highest BCUT2D eigenvalue weighted by Gasteiger charge is 2.11. The van der Waals surface area contributed by atoms with Crippen molar-refractivity contribution in [3.05, 3.63) is 58.0 Å². The fourth-order valence-corrected chi connectivity index (χ4v) is 2.49. The van der Waals surface area contributed by atoms with Crippen molar-refractivity contribution in [2.45, 2.75) is 12.5 Å². The van der Waals surface area contributed by atoms with Crippen LogP contribution < -0.4 is 5.32 Å². The molecule has 0 aliphatic heterocycles. The number of nitrogens with one attached hydrogen (secondary N) is 1. The maximum atomic E-state index is 13.1. The van der Waals surface area contributed by atoms with E-state index in [4.69, 9.17) is 0 Å². The Bertz CT molecular complexity index is 439. The van der Waals surface area contributed by atoms with E-state index in [1.807, 2.05) is 19.2 Å². The van der Waals surface area contributed by atoms with Gasteiger partial charge in [0.2, 0.25) is 0 Å². The van der Waals surface area contributed by atoms with Crippen molar-refractivity contribution in [3.8, 4) is 0 Å². The largest absolute Gasteiger partial charge is 0.313 e. The van der Waals surface area contributed by atoms with Gasteiger partial charge in [0.25, 0.3) is 0 Å². The molecule has 3 heteroatoms. The first-order valence-electron chi connectivity index (χ1n) is 5.24. The number of thiophene rings is 1. The summed E-state index contributed by atoms with van der Waals surface area (Å²) in [6, 6.07) is 11.1. The van der Waals surface area contributed by atoms with E-state index < -0.39 is 0 Å². The molecule has 0 aliphatic carbocycles. The van der Waals surface area contributed by atoms with Crippen LogP contribution >= 0.6 is 11.3 Å². The van der Waals surface area contributed by atoms with Gasteiger partial charge < -0.3 is 5.32 Å². The maximum Gasteiger partial charge on any atom is 0.123 e. The smallest absolute Gasteiger partial charge is 0.123 e. The van der Waals surface area contributed by atoms with Crippen LogP contribution in [-0.4, -0.2) is 7.05 Å². The van der Waals surface area contributed by atoms with Gasteiger partial charge in [-0.05, 0) is 36.2 Å². The summed E-state index contributed by atoms with van der Waals surface area (Å²) in [6.07, 6.45) is 0.900. The minimum Gasteiger partial charge on any atom is -0.313 e. The lowest BCUT2D eigenvalue weighted by Crippen LogP contribution is -2.18. The zero-order valence-corrected chi connectivity index (χ0v) is 9.93. The summed E-state index contributed by atoms with van der Waals surface area (Å²) < 4.78 is 13.1. The molecule has 1 aromatic heterocycles. The van der Waals surface area contributed by atoms with Crippen molar-refractivity contribution in [1.29, 1.82) is 0 Å². The number of benzene rings is 1. The van der Waals surface area contributed by atoms with E-state index in [0.717, 1.165) is 12.0 Å². The standard InChI is InChI=1S/C13H14FNS/c1-15-13(9-12-6-3-7-16-12)10-4-2-5-11(14)8-10/h2-8,13,15H,9H2,1H3. The molecule has 16 heavy (non-hydrogen) atoms. The second-order valence-electron chi connectivity index (χ2n) is 3.68. The average Bonchev–Trinajstić information content (AvgIpc) is 2.78. The SMILES string of the molecule is CNC(Cc1cccs1)c1cccc(F)c1. The first-order valence-corrected chi connectivity index (χ1v) is 6.12. The predicted octanol–water partition coefficient (Wildman–Crippen LogP) is 3.39. The van der Waals surface area contributed by atoms with Gasteiger partial charge in [0.15, 0.2) is 0 Å². The molecule has 0 radical (unpaired) electrons. The van der Waals surface area contributed by atoms with Gasteiger partial charge in [0.05, 0.1) is 0 Å². The quantitative estimate of drug-likeness (QED) is 0.856. The molecule has 84 valence electrons.